The molecule has 0 fully saturated rings. The Balaban J connectivity index is 2.52. The van der Waals surface area contributed by atoms with Crippen LogP contribution in [0.4, 0.5) is 0 Å². The fraction of sp³-hybridized carbons (Fsp3) is 0.538. The Hall–Kier alpha value is -1.06. The van der Waals surface area contributed by atoms with Crippen LogP contribution in [0.1, 0.15) is 12.5 Å². The monoisotopic (exact) mass is 223 g/mol. The fourth-order valence-corrected chi connectivity index (χ4v) is 1.51. The molecule has 0 amide bonds. The molecule has 0 saturated carbocycles. The molecule has 1 aromatic rings. The summed E-state index contributed by atoms with van der Waals surface area (Å²) in [6, 6.07) is 8.07. The van der Waals surface area contributed by atoms with Gasteiger partial charge in [-0.3, -0.25) is 0 Å². The maximum Gasteiger partial charge on any atom is 0.134 e. The van der Waals surface area contributed by atoms with Crippen LogP contribution in [0.5, 0.6) is 5.75 Å². The zero-order valence-electron chi connectivity index (χ0n) is 10.3. The second-order valence-electron chi connectivity index (χ2n) is 3.82. The van der Waals surface area contributed by atoms with Gasteiger partial charge in [-0.25, -0.2) is 0 Å². The number of rotatable bonds is 7. The van der Waals surface area contributed by atoms with Gasteiger partial charge in [0.1, 0.15) is 11.9 Å². The van der Waals surface area contributed by atoms with E-state index in [2.05, 4.69) is 25.2 Å². The quantitative estimate of drug-likeness (QED) is 0.767. The Bertz CT molecular complexity index is 302. The number of aryl methyl sites for hydroxylation is 1. The van der Waals surface area contributed by atoms with Crippen LogP contribution in [0.15, 0.2) is 24.3 Å². The molecule has 0 aliphatic rings. The van der Waals surface area contributed by atoms with Crippen LogP contribution in [0.3, 0.4) is 0 Å². The number of ether oxygens (including phenoxy) is 2. The lowest BCUT2D eigenvalue weighted by Gasteiger charge is -2.18. The Kier molecular flexibility index (Phi) is 5.90. The normalized spacial score (nSPS) is 12.4. The maximum atomic E-state index is 5.85. The average Bonchev–Trinajstić information content (AvgIpc) is 2.26. The Morgan fingerprint density at radius 3 is 2.81 bits per heavy atom. The van der Waals surface area contributed by atoms with Crippen LogP contribution in [0, 0.1) is 6.92 Å². The summed E-state index contributed by atoms with van der Waals surface area (Å²) in [7, 11) is 1.69. The molecule has 1 N–H and O–H groups in total. The lowest BCUT2D eigenvalue weighted by atomic mass is 10.2. The van der Waals surface area contributed by atoms with Gasteiger partial charge in [0.15, 0.2) is 0 Å². The van der Waals surface area contributed by atoms with Crippen molar-refractivity contribution >= 4 is 0 Å². The standard InChI is InChI=1S/C13H21NO2/c1-4-14-9-13(10-15-3)16-12-7-5-6-11(2)8-12/h5-8,13-14H,4,9-10H2,1-3H3. The van der Waals surface area contributed by atoms with Crippen LogP contribution < -0.4 is 10.1 Å². The van der Waals surface area contributed by atoms with Gasteiger partial charge in [0, 0.05) is 13.7 Å². The number of benzene rings is 1. The van der Waals surface area contributed by atoms with Gasteiger partial charge >= 0.3 is 0 Å². The van der Waals surface area contributed by atoms with Gasteiger partial charge in [0.25, 0.3) is 0 Å². The van der Waals surface area contributed by atoms with Crippen molar-refractivity contribution in [1.29, 1.82) is 0 Å². The number of methoxy groups -OCH3 is 1. The smallest absolute Gasteiger partial charge is 0.134 e. The van der Waals surface area contributed by atoms with Crippen molar-refractivity contribution in [1.82, 2.24) is 5.32 Å². The molecule has 1 rings (SSSR count). The second-order valence-corrected chi connectivity index (χ2v) is 3.82. The first kappa shape index (κ1) is 13.0. The fourth-order valence-electron chi connectivity index (χ4n) is 1.51. The summed E-state index contributed by atoms with van der Waals surface area (Å²) >= 11 is 0. The summed E-state index contributed by atoms with van der Waals surface area (Å²) in [5.74, 6) is 0.903. The SMILES string of the molecule is CCNCC(COC)Oc1cccc(C)c1. The van der Waals surface area contributed by atoms with E-state index in [-0.39, 0.29) is 6.10 Å². The van der Waals surface area contributed by atoms with E-state index in [1.807, 2.05) is 18.2 Å². The predicted molar refractivity (Wildman–Crippen MR) is 66.0 cm³/mol. The van der Waals surface area contributed by atoms with Crippen molar-refractivity contribution < 1.29 is 9.47 Å². The number of nitrogens with one attached hydrogen (secondary N) is 1. The van der Waals surface area contributed by atoms with Crippen molar-refractivity contribution in [2.75, 3.05) is 26.8 Å². The number of hydrogen-bond acceptors (Lipinski definition) is 3. The van der Waals surface area contributed by atoms with Gasteiger partial charge in [-0.1, -0.05) is 19.1 Å². The van der Waals surface area contributed by atoms with E-state index in [4.69, 9.17) is 9.47 Å². The first-order valence-electron chi connectivity index (χ1n) is 5.69. The van der Waals surface area contributed by atoms with Crippen molar-refractivity contribution in [3.8, 4) is 5.75 Å². The lowest BCUT2D eigenvalue weighted by Crippen LogP contribution is -2.34. The number of likely N-dealkylation sites (N-methyl/N-ethyl adjacent to an activating group) is 1. The van der Waals surface area contributed by atoms with E-state index >= 15 is 0 Å². The molecular weight excluding hydrogens is 202 g/mol. The molecule has 0 aliphatic carbocycles. The summed E-state index contributed by atoms with van der Waals surface area (Å²) < 4.78 is 11.0. The summed E-state index contributed by atoms with van der Waals surface area (Å²) in [5.41, 5.74) is 1.21. The zero-order valence-corrected chi connectivity index (χ0v) is 10.3. The van der Waals surface area contributed by atoms with Crippen LogP contribution in [-0.4, -0.2) is 32.9 Å². The molecule has 3 nitrogen and oxygen atoms in total. The maximum absolute atomic E-state index is 5.85. The van der Waals surface area contributed by atoms with Gasteiger partial charge in [0.2, 0.25) is 0 Å². The lowest BCUT2D eigenvalue weighted by molar-refractivity contribution is 0.0809. The molecule has 1 aromatic carbocycles. The van der Waals surface area contributed by atoms with Crippen molar-refractivity contribution in [2.45, 2.75) is 20.0 Å². The zero-order chi connectivity index (χ0) is 11.8. The second kappa shape index (κ2) is 7.25. The molecule has 90 valence electrons. The van der Waals surface area contributed by atoms with Crippen LogP contribution in [0.25, 0.3) is 0 Å². The topological polar surface area (TPSA) is 30.5 Å². The molecule has 0 radical (unpaired) electrons. The van der Waals surface area contributed by atoms with E-state index in [0.717, 1.165) is 18.8 Å². The minimum Gasteiger partial charge on any atom is -0.487 e. The van der Waals surface area contributed by atoms with Crippen molar-refractivity contribution in [2.24, 2.45) is 0 Å². The molecule has 1 unspecified atom stereocenters. The highest BCUT2D eigenvalue weighted by molar-refractivity contribution is 5.27. The summed E-state index contributed by atoms with van der Waals surface area (Å²) in [6.07, 6.45) is 0.0618. The van der Waals surface area contributed by atoms with E-state index in [1.54, 1.807) is 7.11 Å². The third-order valence-corrected chi connectivity index (χ3v) is 2.27. The van der Waals surface area contributed by atoms with E-state index in [9.17, 15) is 0 Å². The van der Waals surface area contributed by atoms with Crippen molar-refractivity contribution in [3.05, 3.63) is 29.8 Å². The molecule has 0 bridgehead atoms. The van der Waals surface area contributed by atoms with Gasteiger partial charge < -0.3 is 14.8 Å². The van der Waals surface area contributed by atoms with Crippen molar-refractivity contribution in [3.63, 3.8) is 0 Å². The highest BCUT2D eigenvalue weighted by Crippen LogP contribution is 2.14. The highest BCUT2D eigenvalue weighted by Gasteiger charge is 2.09. The Morgan fingerprint density at radius 1 is 1.38 bits per heavy atom. The van der Waals surface area contributed by atoms with E-state index in [0.29, 0.717) is 6.61 Å². The molecule has 16 heavy (non-hydrogen) atoms. The molecular formula is C13H21NO2. The van der Waals surface area contributed by atoms with E-state index in [1.165, 1.54) is 5.56 Å². The van der Waals surface area contributed by atoms with Crippen LogP contribution in [0.2, 0.25) is 0 Å². The average molecular weight is 223 g/mol. The van der Waals surface area contributed by atoms with Crippen LogP contribution >= 0.6 is 0 Å². The largest absolute Gasteiger partial charge is 0.487 e. The van der Waals surface area contributed by atoms with Gasteiger partial charge in [0.05, 0.1) is 6.61 Å². The molecule has 3 heteroatoms. The minimum atomic E-state index is 0.0618. The first-order chi connectivity index (χ1) is 7.76. The van der Waals surface area contributed by atoms with Gasteiger partial charge in [-0.05, 0) is 31.2 Å². The Labute approximate surface area is 97.8 Å². The third-order valence-electron chi connectivity index (χ3n) is 2.27. The molecule has 0 aromatic heterocycles. The Morgan fingerprint density at radius 2 is 2.19 bits per heavy atom. The molecule has 0 spiro atoms. The summed E-state index contributed by atoms with van der Waals surface area (Å²) in [5, 5.41) is 3.26. The molecule has 1 atom stereocenters. The van der Waals surface area contributed by atoms with Gasteiger partial charge in [-0.15, -0.1) is 0 Å². The molecule has 0 aliphatic heterocycles. The van der Waals surface area contributed by atoms with E-state index < -0.39 is 0 Å². The predicted octanol–water partition coefficient (Wildman–Crippen LogP) is 2.00. The minimum absolute atomic E-state index is 0.0618. The van der Waals surface area contributed by atoms with Crippen LogP contribution in [-0.2, 0) is 4.74 Å². The third kappa shape index (κ3) is 4.64. The molecule has 0 heterocycles. The van der Waals surface area contributed by atoms with Gasteiger partial charge in [-0.2, -0.15) is 0 Å². The summed E-state index contributed by atoms with van der Waals surface area (Å²) in [4.78, 5) is 0. The first-order valence-corrected chi connectivity index (χ1v) is 5.69. The molecule has 0 saturated heterocycles. The summed E-state index contributed by atoms with van der Waals surface area (Å²) in [6.45, 7) is 6.48. The highest BCUT2D eigenvalue weighted by atomic mass is 16.5. The number of hydrogen-bond donors (Lipinski definition) is 1.